The maximum atomic E-state index is 12.1. The van der Waals surface area contributed by atoms with Gasteiger partial charge in [0.05, 0.1) is 11.5 Å². The summed E-state index contributed by atoms with van der Waals surface area (Å²) in [5, 5.41) is 24.8. The number of hydrogen-bond donors (Lipinski definition) is 1. The van der Waals surface area contributed by atoms with Gasteiger partial charge in [-0.15, -0.1) is 5.10 Å². The lowest BCUT2D eigenvalue weighted by Gasteiger charge is -2.04. The molecule has 9 nitrogen and oxygen atoms in total. The Morgan fingerprint density at radius 2 is 2.24 bits per heavy atom. The average Bonchev–Trinajstić information content (AvgIpc) is 2.86. The first kappa shape index (κ1) is 14.6. The minimum Gasteiger partial charge on any atom is -0.288 e. The molecule has 1 aromatic heterocycles. The van der Waals surface area contributed by atoms with Crippen LogP contribution < -0.4 is 5.32 Å². The summed E-state index contributed by atoms with van der Waals surface area (Å²) >= 11 is 0. The molecule has 0 unspecified atom stereocenters. The fourth-order valence-corrected chi connectivity index (χ4v) is 1.82. The summed E-state index contributed by atoms with van der Waals surface area (Å²) in [4.78, 5) is 23.8. The normalized spacial score (nSPS) is 10.4. The molecule has 0 aliphatic carbocycles. The molecule has 0 aliphatic heterocycles. The number of tetrazole rings is 1. The summed E-state index contributed by atoms with van der Waals surface area (Å²) < 4.78 is 0. The highest BCUT2D eigenvalue weighted by atomic mass is 16.6. The molecular weight excluding hydrogens is 276 g/mol. The van der Waals surface area contributed by atoms with Crippen molar-refractivity contribution in [1.29, 1.82) is 0 Å². The van der Waals surface area contributed by atoms with Crippen molar-refractivity contribution in [2.24, 2.45) is 0 Å². The Balaban J connectivity index is 2.20. The Labute approximate surface area is 120 Å². The van der Waals surface area contributed by atoms with E-state index in [0.717, 1.165) is 6.42 Å². The summed E-state index contributed by atoms with van der Waals surface area (Å²) in [5.74, 6) is -0.438. The second-order valence-electron chi connectivity index (χ2n) is 4.37. The largest absolute Gasteiger partial charge is 0.288 e. The monoisotopic (exact) mass is 290 g/mol. The van der Waals surface area contributed by atoms with Crippen LogP contribution in [-0.4, -0.2) is 31.0 Å². The van der Waals surface area contributed by atoms with Crippen LogP contribution in [0, 0.1) is 17.0 Å². The number of carbonyl (C=O) groups excluding carboxylic acids is 1. The van der Waals surface area contributed by atoms with Gasteiger partial charge in [-0.1, -0.05) is 18.1 Å². The van der Waals surface area contributed by atoms with Crippen molar-refractivity contribution in [3.8, 4) is 0 Å². The third-order valence-electron chi connectivity index (χ3n) is 2.85. The van der Waals surface area contributed by atoms with Gasteiger partial charge in [0, 0.05) is 17.2 Å². The maximum absolute atomic E-state index is 12.1. The van der Waals surface area contributed by atoms with Gasteiger partial charge in [0.25, 0.3) is 17.5 Å². The minimum absolute atomic E-state index is 0.0688. The van der Waals surface area contributed by atoms with E-state index in [9.17, 15) is 14.9 Å². The number of nitro groups is 1. The molecule has 0 bridgehead atoms. The van der Waals surface area contributed by atoms with Gasteiger partial charge in [-0.3, -0.25) is 20.2 Å². The lowest BCUT2D eigenvalue weighted by atomic mass is 10.1. The molecule has 110 valence electrons. The molecule has 0 aliphatic rings. The number of nitrogens with one attached hydrogen (secondary N) is 1. The molecule has 0 atom stereocenters. The molecule has 21 heavy (non-hydrogen) atoms. The van der Waals surface area contributed by atoms with E-state index in [1.165, 1.54) is 29.9 Å². The number of nitrogens with zero attached hydrogens (tertiary/aromatic N) is 5. The number of amides is 1. The highest BCUT2D eigenvalue weighted by molar-refractivity contribution is 6.04. The molecular formula is C12H14N6O3. The first-order valence-corrected chi connectivity index (χ1v) is 6.36. The molecule has 0 fully saturated rings. The van der Waals surface area contributed by atoms with Crippen LogP contribution in [0.15, 0.2) is 18.2 Å². The summed E-state index contributed by atoms with van der Waals surface area (Å²) in [7, 11) is 0. The predicted octanol–water partition coefficient (Wildman–Crippen LogP) is 1.55. The van der Waals surface area contributed by atoms with Crippen molar-refractivity contribution in [1.82, 2.24) is 20.2 Å². The van der Waals surface area contributed by atoms with Crippen LogP contribution in [-0.2, 0) is 6.54 Å². The van der Waals surface area contributed by atoms with Gasteiger partial charge in [-0.2, -0.15) is 4.80 Å². The number of nitro benzene ring substituents is 1. The fraction of sp³-hybridized carbons (Fsp3) is 0.333. The molecule has 1 N–H and O–H groups in total. The zero-order valence-electron chi connectivity index (χ0n) is 11.6. The van der Waals surface area contributed by atoms with Crippen LogP contribution in [0.4, 0.5) is 11.6 Å². The van der Waals surface area contributed by atoms with Gasteiger partial charge in [0.15, 0.2) is 0 Å². The lowest BCUT2D eigenvalue weighted by molar-refractivity contribution is -0.385. The van der Waals surface area contributed by atoms with Gasteiger partial charge >= 0.3 is 0 Å². The topological polar surface area (TPSA) is 116 Å². The van der Waals surface area contributed by atoms with Crippen LogP contribution in [0.5, 0.6) is 0 Å². The van der Waals surface area contributed by atoms with E-state index in [0.29, 0.717) is 12.1 Å². The van der Waals surface area contributed by atoms with Gasteiger partial charge < -0.3 is 0 Å². The molecule has 1 heterocycles. The third kappa shape index (κ3) is 3.19. The molecule has 1 amide bonds. The predicted molar refractivity (Wildman–Crippen MR) is 73.9 cm³/mol. The summed E-state index contributed by atoms with van der Waals surface area (Å²) in [6.45, 7) is 4.08. The van der Waals surface area contributed by atoms with E-state index in [-0.39, 0.29) is 17.2 Å². The SMILES string of the molecule is CCCn1nnc(NC(=O)c2cccc([N+](=O)[O-])c2C)n1. The van der Waals surface area contributed by atoms with Crippen molar-refractivity contribution in [3.63, 3.8) is 0 Å². The zero-order valence-corrected chi connectivity index (χ0v) is 11.6. The first-order chi connectivity index (χ1) is 10.0. The summed E-state index contributed by atoms with van der Waals surface area (Å²) in [6.07, 6.45) is 0.841. The zero-order chi connectivity index (χ0) is 15.4. The van der Waals surface area contributed by atoms with E-state index in [2.05, 4.69) is 20.7 Å². The highest BCUT2D eigenvalue weighted by Crippen LogP contribution is 2.21. The fourth-order valence-electron chi connectivity index (χ4n) is 1.82. The summed E-state index contributed by atoms with van der Waals surface area (Å²) in [6, 6.07) is 4.32. The number of benzene rings is 1. The van der Waals surface area contributed by atoms with Crippen molar-refractivity contribution in [2.45, 2.75) is 26.8 Å². The molecule has 0 saturated heterocycles. The Kier molecular flexibility index (Phi) is 4.21. The van der Waals surface area contributed by atoms with E-state index in [4.69, 9.17) is 0 Å². The van der Waals surface area contributed by atoms with Crippen molar-refractivity contribution < 1.29 is 9.72 Å². The standard InChI is InChI=1S/C12H14N6O3/c1-3-7-17-15-12(14-16-17)13-11(19)9-5-4-6-10(8(9)2)18(20)21/h4-6H,3,7H2,1-2H3,(H,13,15,19). The summed E-state index contributed by atoms with van der Waals surface area (Å²) in [5.41, 5.74) is 0.391. The smallest absolute Gasteiger partial charge is 0.273 e. The number of carbonyl (C=O) groups is 1. The first-order valence-electron chi connectivity index (χ1n) is 6.36. The minimum atomic E-state index is -0.526. The maximum Gasteiger partial charge on any atom is 0.273 e. The second kappa shape index (κ2) is 6.07. The third-order valence-corrected chi connectivity index (χ3v) is 2.85. The average molecular weight is 290 g/mol. The quantitative estimate of drug-likeness (QED) is 0.659. The highest BCUT2D eigenvalue weighted by Gasteiger charge is 2.19. The van der Waals surface area contributed by atoms with E-state index >= 15 is 0 Å². The molecule has 0 saturated carbocycles. The van der Waals surface area contributed by atoms with Crippen LogP contribution in [0.2, 0.25) is 0 Å². The van der Waals surface area contributed by atoms with Gasteiger partial charge in [0.2, 0.25) is 0 Å². The van der Waals surface area contributed by atoms with Crippen LogP contribution in [0.3, 0.4) is 0 Å². The van der Waals surface area contributed by atoms with Crippen LogP contribution >= 0.6 is 0 Å². The number of anilines is 1. The Morgan fingerprint density at radius 3 is 2.90 bits per heavy atom. The molecule has 2 rings (SSSR count). The number of rotatable bonds is 5. The Bertz CT molecular complexity index is 681. The second-order valence-corrected chi connectivity index (χ2v) is 4.37. The van der Waals surface area contributed by atoms with E-state index < -0.39 is 10.8 Å². The number of hydrogen-bond acceptors (Lipinski definition) is 6. The van der Waals surface area contributed by atoms with E-state index in [1.807, 2.05) is 6.92 Å². The Hall–Kier alpha value is -2.84. The molecule has 0 spiro atoms. The van der Waals surface area contributed by atoms with E-state index in [1.54, 1.807) is 0 Å². The molecule has 9 heteroatoms. The van der Waals surface area contributed by atoms with Crippen molar-refractivity contribution in [3.05, 3.63) is 39.4 Å². The molecule has 0 radical (unpaired) electrons. The van der Waals surface area contributed by atoms with Crippen molar-refractivity contribution >= 4 is 17.5 Å². The Morgan fingerprint density at radius 1 is 1.48 bits per heavy atom. The number of aromatic nitrogens is 4. The molecule has 1 aromatic carbocycles. The van der Waals surface area contributed by atoms with Crippen LogP contribution in [0.25, 0.3) is 0 Å². The lowest BCUT2D eigenvalue weighted by Crippen LogP contribution is -2.15. The van der Waals surface area contributed by atoms with Gasteiger partial charge in [-0.25, -0.2) is 0 Å². The van der Waals surface area contributed by atoms with Crippen molar-refractivity contribution in [2.75, 3.05) is 5.32 Å². The number of aryl methyl sites for hydroxylation is 1. The van der Waals surface area contributed by atoms with Gasteiger partial charge in [0.1, 0.15) is 0 Å². The van der Waals surface area contributed by atoms with Gasteiger partial charge in [-0.05, 0) is 24.6 Å². The molecule has 2 aromatic rings. The van der Waals surface area contributed by atoms with Crippen LogP contribution in [0.1, 0.15) is 29.3 Å².